The summed E-state index contributed by atoms with van der Waals surface area (Å²) in [5.41, 5.74) is 2.57. The Labute approximate surface area is 173 Å². The second-order valence-electron chi connectivity index (χ2n) is 3.79. The minimum atomic E-state index is 0. The van der Waals surface area contributed by atoms with E-state index in [1.807, 2.05) is 16.4 Å². The van der Waals surface area contributed by atoms with Crippen molar-refractivity contribution < 1.29 is 73.9 Å². The van der Waals surface area contributed by atoms with Crippen LogP contribution >= 0.6 is 12.8 Å². The third-order valence-electron chi connectivity index (χ3n) is 2.42. The molecule has 0 aliphatic heterocycles. The molecule has 0 saturated heterocycles. The normalized spacial score (nSPS) is 9.44. The molecule has 0 saturated carbocycles. The number of rotatable bonds is 4. The zero-order chi connectivity index (χ0) is 11.2. The Kier molecular flexibility index (Phi) is 11.5. The SMILES string of the molecule is SN(Cc1ccccc1)Cc1ccccc1.[H-].[K+].[Pt]. The van der Waals surface area contributed by atoms with Crippen molar-refractivity contribution in [2.45, 2.75) is 13.1 Å². The van der Waals surface area contributed by atoms with E-state index in [4.69, 9.17) is 0 Å². The van der Waals surface area contributed by atoms with E-state index in [0.29, 0.717) is 0 Å². The molecule has 0 radical (unpaired) electrons. The number of hydrogen-bond acceptors (Lipinski definition) is 2. The fourth-order valence-electron chi connectivity index (χ4n) is 1.64. The minimum Gasteiger partial charge on any atom is -1.00 e. The van der Waals surface area contributed by atoms with Gasteiger partial charge in [-0.3, -0.25) is 0 Å². The summed E-state index contributed by atoms with van der Waals surface area (Å²) in [4.78, 5) is 0. The smallest absolute Gasteiger partial charge is 1.00 e. The fourth-order valence-corrected chi connectivity index (χ4v) is 1.97. The van der Waals surface area contributed by atoms with Crippen LogP contribution < -0.4 is 51.4 Å². The number of nitrogens with zero attached hydrogens (tertiary/aromatic N) is 1. The molecule has 18 heavy (non-hydrogen) atoms. The van der Waals surface area contributed by atoms with Gasteiger partial charge in [0, 0.05) is 34.2 Å². The third-order valence-corrected chi connectivity index (χ3v) is 2.70. The molecule has 94 valence electrons. The van der Waals surface area contributed by atoms with Gasteiger partial charge in [0.1, 0.15) is 0 Å². The van der Waals surface area contributed by atoms with E-state index < -0.39 is 0 Å². The average molecular weight is 465 g/mol. The molecule has 0 heterocycles. The van der Waals surface area contributed by atoms with E-state index in [1.165, 1.54) is 11.1 Å². The molecule has 2 aromatic carbocycles. The van der Waals surface area contributed by atoms with Gasteiger partial charge in [0.05, 0.1) is 0 Å². The third kappa shape index (κ3) is 7.02. The summed E-state index contributed by atoms with van der Waals surface area (Å²) < 4.78 is 2.02. The van der Waals surface area contributed by atoms with E-state index in [2.05, 4.69) is 61.3 Å². The summed E-state index contributed by atoms with van der Waals surface area (Å²) in [6, 6.07) is 20.8. The predicted molar refractivity (Wildman–Crippen MR) is 72.2 cm³/mol. The molecule has 2 rings (SSSR count). The Morgan fingerprint density at radius 2 is 1.11 bits per heavy atom. The summed E-state index contributed by atoms with van der Waals surface area (Å²) in [5.74, 6) is 0. The van der Waals surface area contributed by atoms with Gasteiger partial charge in [-0.15, -0.1) is 0 Å². The monoisotopic (exact) mass is 464 g/mol. The molecule has 0 atom stereocenters. The quantitative estimate of drug-likeness (QED) is 0.514. The molecule has 2 aromatic rings. The first-order valence-electron chi connectivity index (χ1n) is 5.36. The Balaban J connectivity index is 0. The Morgan fingerprint density at radius 1 is 0.778 bits per heavy atom. The van der Waals surface area contributed by atoms with Crippen LogP contribution in [0.4, 0.5) is 0 Å². The zero-order valence-electron chi connectivity index (χ0n) is 11.4. The molecule has 0 aliphatic rings. The van der Waals surface area contributed by atoms with Crippen molar-refractivity contribution in [3.05, 3.63) is 71.8 Å². The van der Waals surface area contributed by atoms with E-state index in [1.54, 1.807) is 0 Å². The zero-order valence-corrected chi connectivity index (χ0v) is 16.7. The molecule has 0 aliphatic carbocycles. The standard InChI is InChI=1S/C14H15NS.K.Pt.H/c16-15(11-13-7-3-1-4-8-13)12-14-9-5-2-6-10-14;;;/h1-10,16H,11-12H2;;;/q;+1;;-1. The van der Waals surface area contributed by atoms with Gasteiger partial charge < -0.3 is 1.43 Å². The first-order chi connectivity index (χ1) is 7.84. The molecule has 0 fully saturated rings. The molecule has 0 N–H and O–H groups in total. The van der Waals surface area contributed by atoms with Crippen LogP contribution in [0.1, 0.15) is 12.6 Å². The van der Waals surface area contributed by atoms with Gasteiger partial charge in [-0.2, -0.15) is 0 Å². The van der Waals surface area contributed by atoms with Gasteiger partial charge in [-0.1, -0.05) is 73.5 Å². The van der Waals surface area contributed by atoms with E-state index in [9.17, 15) is 0 Å². The van der Waals surface area contributed by atoms with Crippen LogP contribution in [0.2, 0.25) is 0 Å². The van der Waals surface area contributed by atoms with E-state index >= 15 is 0 Å². The van der Waals surface area contributed by atoms with Crippen LogP contribution in [0.15, 0.2) is 60.7 Å². The summed E-state index contributed by atoms with van der Waals surface area (Å²) in [7, 11) is 0. The van der Waals surface area contributed by atoms with Crippen molar-refractivity contribution in [3.8, 4) is 0 Å². The van der Waals surface area contributed by atoms with Crippen LogP contribution in [0.3, 0.4) is 0 Å². The van der Waals surface area contributed by atoms with Crippen molar-refractivity contribution in [3.63, 3.8) is 0 Å². The Bertz CT molecular complexity index is 388. The Morgan fingerprint density at radius 3 is 1.44 bits per heavy atom. The fraction of sp³-hybridized carbons (Fsp3) is 0.143. The molecule has 4 heteroatoms. The first-order valence-corrected chi connectivity index (χ1v) is 5.76. The van der Waals surface area contributed by atoms with Crippen LogP contribution in [-0.4, -0.2) is 4.31 Å². The van der Waals surface area contributed by atoms with E-state index in [-0.39, 0.29) is 73.9 Å². The largest absolute Gasteiger partial charge is 1.00 e. The van der Waals surface area contributed by atoms with Gasteiger partial charge in [0.25, 0.3) is 0 Å². The van der Waals surface area contributed by atoms with Crippen LogP contribution in [0.25, 0.3) is 0 Å². The molecule has 0 spiro atoms. The first kappa shape index (κ1) is 19.1. The Hall–Kier alpha value is 1.07. The molecular formula is C14H16KNPtS. The minimum absolute atomic E-state index is 0. The van der Waals surface area contributed by atoms with E-state index in [0.717, 1.165) is 13.1 Å². The van der Waals surface area contributed by atoms with Gasteiger partial charge in [-0.25, -0.2) is 4.31 Å². The molecule has 0 aromatic heterocycles. The summed E-state index contributed by atoms with van der Waals surface area (Å²) in [6.07, 6.45) is 0. The van der Waals surface area contributed by atoms with Crippen molar-refractivity contribution in [2.75, 3.05) is 0 Å². The van der Waals surface area contributed by atoms with Crippen LogP contribution in [0.5, 0.6) is 0 Å². The van der Waals surface area contributed by atoms with Crippen LogP contribution in [0, 0.1) is 0 Å². The second kappa shape index (κ2) is 10.8. The molecular weight excluding hydrogens is 448 g/mol. The molecule has 1 nitrogen and oxygen atoms in total. The number of thiol groups is 1. The summed E-state index contributed by atoms with van der Waals surface area (Å²) in [6.45, 7) is 1.72. The summed E-state index contributed by atoms with van der Waals surface area (Å²) >= 11 is 4.49. The maximum atomic E-state index is 4.49. The molecule has 0 unspecified atom stereocenters. The second-order valence-corrected chi connectivity index (χ2v) is 4.36. The van der Waals surface area contributed by atoms with Gasteiger partial charge in [0.15, 0.2) is 0 Å². The van der Waals surface area contributed by atoms with Crippen LogP contribution in [-0.2, 0) is 34.2 Å². The number of hydrogen-bond donors (Lipinski definition) is 1. The predicted octanol–water partition coefficient (Wildman–Crippen LogP) is 0.648. The number of benzene rings is 2. The van der Waals surface area contributed by atoms with Crippen molar-refractivity contribution in [1.29, 1.82) is 0 Å². The van der Waals surface area contributed by atoms with Gasteiger partial charge in [-0.05, 0) is 11.1 Å². The van der Waals surface area contributed by atoms with Gasteiger partial charge in [0.2, 0.25) is 0 Å². The van der Waals surface area contributed by atoms with Crippen molar-refractivity contribution in [1.82, 2.24) is 4.31 Å². The van der Waals surface area contributed by atoms with Gasteiger partial charge >= 0.3 is 51.4 Å². The molecule has 0 amide bonds. The van der Waals surface area contributed by atoms with Crippen molar-refractivity contribution >= 4 is 12.8 Å². The maximum absolute atomic E-state index is 4.49. The summed E-state index contributed by atoms with van der Waals surface area (Å²) in [5, 5.41) is 0. The van der Waals surface area contributed by atoms with Crippen molar-refractivity contribution in [2.24, 2.45) is 0 Å². The molecule has 0 bridgehead atoms. The average Bonchev–Trinajstić information content (AvgIpc) is 2.31. The topological polar surface area (TPSA) is 3.24 Å². The maximum Gasteiger partial charge on any atom is 1.00 e.